The maximum Gasteiger partial charge on any atom is 0.232 e. The van der Waals surface area contributed by atoms with Crippen LogP contribution in [0.5, 0.6) is 0 Å². The summed E-state index contributed by atoms with van der Waals surface area (Å²) in [5.41, 5.74) is 0.740. The Labute approximate surface area is 105 Å². The highest BCUT2D eigenvalue weighted by Gasteiger charge is 2.34. The molecule has 1 aliphatic carbocycles. The van der Waals surface area contributed by atoms with Crippen LogP contribution in [0, 0.1) is 0 Å². The Kier molecular flexibility index (Phi) is 3.46. The molecule has 1 aromatic carbocycles. The minimum Gasteiger partial charge on any atom is -0.486 e. The van der Waals surface area contributed by atoms with E-state index in [1.807, 2.05) is 0 Å². The summed E-state index contributed by atoms with van der Waals surface area (Å²) in [5.74, 6) is -0.558. The van der Waals surface area contributed by atoms with Gasteiger partial charge < -0.3 is 9.47 Å². The van der Waals surface area contributed by atoms with E-state index in [1.165, 1.54) is 0 Å². The standard InChI is InChI=1S/C14H14O4/c1-3-17-13-11(15)9-7-5-6-8-10(9)12(16)14(13)18-4-2/h5-8H,3-4H2,1-2H3. The number of hydrogen-bond donors (Lipinski definition) is 0. The van der Waals surface area contributed by atoms with E-state index in [-0.39, 0.29) is 23.1 Å². The molecule has 0 saturated carbocycles. The Morgan fingerprint density at radius 2 is 1.22 bits per heavy atom. The largest absolute Gasteiger partial charge is 0.486 e. The summed E-state index contributed by atoms with van der Waals surface area (Å²) in [5, 5.41) is 0. The summed E-state index contributed by atoms with van der Waals surface area (Å²) < 4.78 is 10.5. The van der Waals surface area contributed by atoms with Crippen molar-refractivity contribution in [1.82, 2.24) is 0 Å². The van der Waals surface area contributed by atoms with Crippen LogP contribution in [-0.4, -0.2) is 24.8 Å². The second-order valence-corrected chi connectivity index (χ2v) is 3.73. The second kappa shape index (κ2) is 5.04. The van der Waals surface area contributed by atoms with Crippen molar-refractivity contribution in [3.05, 3.63) is 46.9 Å². The number of hydrogen-bond acceptors (Lipinski definition) is 4. The van der Waals surface area contributed by atoms with Gasteiger partial charge in [-0.15, -0.1) is 0 Å². The van der Waals surface area contributed by atoms with E-state index in [9.17, 15) is 9.59 Å². The number of ketones is 2. The van der Waals surface area contributed by atoms with E-state index in [2.05, 4.69) is 0 Å². The fraction of sp³-hybridized carbons (Fsp3) is 0.286. The van der Waals surface area contributed by atoms with Crippen LogP contribution in [0.25, 0.3) is 0 Å². The minimum absolute atomic E-state index is 0.0167. The van der Waals surface area contributed by atoms with Crippen LogP contribution < -0.4 is 0 Å². The highest BCUT2D eigenvalue weighted by atomic mass is 16.5. The number of fused-ring (bicyclic) bond motifs is 1. The molecule has 0 bridgehead atoms. The highest BCUT2D eigenvalue weighted by molar-refractivity contribution is 6.25. The van der Waals surface area contributed by atoms with Crippen molar-refractivity contribution in [3.8, 4) is 0 Å². The number of benzene rings is 1. The summed E-state index contributed by atoms with van der Waals surface area (Å²) in [4.78, 5) is 24.4. The maximum atomic E-state index is 12.2. The molecule has 2 rings (SSSR count). The molecule has 18 heavy (non-hydrogen) atoms. The van der Waals surface area contributed by atoms with Crippen molar-refractivity contribution >= 4 is 11.6 Å². The summed E-state index contributed by atoms with van der Waals surface area (Å²) in [6, 6.07) is 6.69. The molecule has 0 fully saturated rings. The Morgan fingerprint density at radius 1 is 0.833 bits per heavy atom. The van der Waals surface area contributed by atoms with Crippen molar-refractivity contribution in [3.63, 3.8) is 0 Å². The molecule has 0 aromatic heterocycles. The number of Topliss-reactive ketones (excluding diaryl/α,β-unsaturated/α-hetero) is 2. The van der Waals surface area contributed by atoms with Gasteiger partial charge in [-0.2, -0.15) is 0 Å². The fourth-order valence-corrected chi connectivity index (χ4v) is 1.88. The normalized spacial score (nSPS) is 14.6. The van der Waals surface area contributed by atoms with Crippen LogP contribution in [-0.2, 0) is 9.47 Å². The fourth-order valence-electron chi connectivity index (χ4n) is 1.88. The molecular formula is C14H14O4. The lowest BCUT2D eigenvalue weighted by molar-refractivity contribution is 0.0771. The topological polar surface area (TPSA) is 52.6 Å². The second-order valence-electron chi connectivity index (χ2n) is 3.73. The van der Waals surface area contributed by atoms with Gasteiger partial charge in [0.1, 0.15) is 0 Å². The Morgan fingerprint density at radius 3 is 1.56 bits per heavy atom. The lowest BCUT2D eigenvalue weighted by Crippen LogP contribution is -2.25. The van der Waals surface area contributed by atoms with Crippen molar-refractivity contribution in [2.75, 3.05) is 13.2 Å². The van der Waals surface area contributed by atoms with Gasteiger partial charge in [0, 0.05) is 11.1 Å². The van der Waals surface area contributed by atoms with Crippen molar-refractivity contribution in [1.29, 1.82) is 0 Å². The van der Waals surface area contributed by atoms with Crippen LogP contribution in [0.2, 0.25) is 0 Å². The minimum atomic E-state index is -0.296. The highest BCUT2D eigenvalue weighted by Crippen LogP contribution is 2.27. The quantitative estimate of drug-likeness (QED) is 0.818. The van der Waals surface area contributed by atoms with E-state index in [4.69, 9.17) is 9.47 Å². The molecule has 0 saturated heterocycles. The van der Waals surface area contributed by atoms with Gasteiger partial charge in [-0.1, -0.05) is 24.3 Å². The molecule has 0 radical (unpaired) electrons. The van der Waals surface area contributed by atoms with Gasteiger partial charge in [-0.05, 0) is 13.8 Å². The number of carbonyl (C=O) groups is 2. The lowest BCUT2D eigenvalue weighted by atomic mass is 9.92. The Bertz CT molecular complexity index is 481. The van der Waals surface area contributed by atoms with Gasteiger partial charge in [0.2, 0.25) is 23.1 Å². The average Bonchev–Trinajstić information content (AvgIpc) is 2.40. The SMILES string of the molecule is CCOC1=C(OCC)C(=O)c2ccccc2C1=O. The van der Waals surface area contributed by atoms with Gasteiger partial charge >= 0.3 is 0 Å². The molecular weight excluding hydrogens is 232 g/mol. The molecule has 0 N–H and O–H groups in total. The van der Waals surface area contributed by atoms with Crippen LogP contribution in [0.1, 0.15) is 34.6 Å². The summed E-state index contributed by atoms with van der Waals surface area (Å²) in [6.07, 6.45) is 0. The molecule has 4 nitrogen and oxygen atoms in total. The summed E-state index contributed by atoms with van der Waals surface area (Å²) in [6.45, 7) is 4.14. The number of rotatable bonds is 4. The smallest absolute Gasteiger partial charge is 0.232 e. The molecule has 0 unspecified atom stereocenters. The van der Waals surface area contributed by atoms with Crippen LogP contribution in [0.4, 0.5) is 0 Å². The zero-order chi connectivity index (χ0) is 13.1. The predicted molar refractivity (Wildman–Crippen MR) is 65.4 cm³/mol. The van der Waals surface area contributed by atoms with E-state index < -0.39 is 0 Å². The lowest BCUT2D eigenvalue weighted by Gasteiger charge is -2.20. The van der Waals surface area contributed by atoms with Crippen LogP contribution >= 0.6 is 0 Å². The molecule has 0 aliphatic heterocycles. The third-order valence-electron chi connectivity index (χ3n) is 2.61. The number of ether oxygens (including phenoxy) is 2. The Balaban J connectivity index is 2.56. The Hall–Kier alpha value is -2.10. The molecule has 4 heteroatoms. The molecule has 1 aliphatic rings. The van der Waals surface area contributed by atoms with Gasteiger partial charge in [0.05, 0.1) is 13.2 Å². The van der Waals surface area contributed by atoms with Crippen LogP contribution in [0.3, 0.4) is 0 Å². The van der Waals surface area contributed by atoms with Crippen molar-refractivity contribution in [2.24, 2.45) is 0 Å². The molecule has 0 amide bonds. The first kappa shape index (κ1) is 12.4. The first-order valence-corrected chi connectivity index (χ1v) is 5.89. The zero-order valence-corrected chi connectivity index (χ0v) is 10.4. The van der Waals surface area contributed by atoms with E-state index in [0.717, 1.165) is 0 Å². The molecule has 94 valence electrons. The molecule has 0 heterocycles. The average molecular weight is 246 g/mol. The molecule has 1 aromatic rings. The van der Waals surface area contributed by atoms with Gasteiger partial charge in [0.25, 0.3) is 0 Å². The van der Waals surface area contributed by atoms with E-state index in [1.54, 1.807) is 38.1 Å². The number of allylic oxidation sites excluding steroid dienone is 2. The summed E-state index contributed by atoms with van der Waals surface area (Å²) >= 11 is 0. The van der Waals surface area contributed by atoms with E-state index in [0.29, 0.717) is 24.3 Å². The third-order valence-corrected chi connectivity index (χ3v) is 2.61. The number of carbonyl (C=O) groups excluding carboxylic acids is 2. The van der Waals surface area contributed by atoms with E-state index >= 15 is 0 Å². The van der Waals surface area contributed by atoms with Gasteiger partial charge in [-0.3, -0.25) is 9.59 Å². The summed E-state index contributed by atoms with van der Waals surface area (Å²) in [7, 11) is 0. The van der Waals surface area contributed by atoms with Crippen LogP contribution in [0.15, 0.2) is 35.8 Å². The molecule has 0 spiro atoms. The maximum absolute atomic E-state index is 12.2. The van der Waals surface area contributed by atoms with Crippen molar-refractivity contribution < 1.29 is 19.1 Å². The predicted octanol–water partition coefficient (Wildman–Crippen LogP) is 2.35. The zero-order valence-electron chi connectivity index (χ0n) is 10.4. The first-order valence-electron chi connectivity index (χ1n) is 5.89. The first-order chi connectivity index (χ1) is 8.70. The van der Waals surface area contributed by atoms with Gasteiger partial charge in [-0.25, -0.2) is 0 Å². The molecule has 0 atom stereocenters. The van der Waals surface area contributed by atoms with Gasteiger partial charge in [0.15, 0.2) is 0 Å². The monoisotopic (exact) mass is 246 g/mol. The van der Waals surface area contributed by atoms with Crippen molar-refractivity contribution in [2.45, 2.75) is 13.8 Å². The third kappa shape index (κ3) is 1.90.